The molecule has 4 amide bonds. The first-order valence-corrected chi connectivity index (χ1v) is 8.21. The second-order valence-electron chi connectivity index (χ2n) is 5.47. The van der Waals surface area contributed by atoms with Gasteiger partial charge in [0.2, 0.25) is 0 Å². The summed E-state index contributed by atoms with van der Waals surface area (Å²) in [6.07, 6.45) is 6.56. The third-order valence-corrected chi connectivity index (χ3v) is 3.93. The van der Waals surface area contributed by atoms with Gasteiger partial charge in [-0.1, -0.05) is 41.8 Å². The minimum atomic E-state index is -0.846. The highest BCUT2D eigenvalue weighted by Crippen LogP contribution is 2.26. The van der Waals surface area contributed by atoms with Crippen molar-refractivity contribution in [3.63, 3.8) is 0 Å². The Labute approximate surface area is 160 Å². The maximum atomic E-state index is 12.8. The zero-order valence-electron chi connectivity index (χ0n) is 13.9. The number of barbiturate groups is 1. The second kappa shape index (κ2) is 7.77. The van der Waals surface area contributed by atoms with E-state index < -0.39 is 17.8 Å². The molecular weight excluding hydrogens is 368 g/mol. The average Bonchev–Trinajstić information content (AvgIpc) is 2.64. The molecule has 0 bridgehead atoms. The van der Waals surface area contributed by atoms with E-state index in [9.17, 15) is 14.4 Å². The van der Waals surface area contributed by atoms with Crippen molar-refractivity contribution >= 4 is 41.2 Å². The SMILES string of the molecule is C#CCOc1ccccc1/C=C1\C(=O)NC(=O)N(c2cccc(Cl)c2)C1=O. The summed E-state index contributed by atoms with van der Waals surface area (Å²) in [5.74, 6) is 1.20. The highest BCUT2D eigenvalue weighted by Gasteiger charge is 2.37. The minimum absolute atomic E-state index is 0.0352. The minimum Gasteiger partial charge on any atom is -0.480 e. The summed E-state index contributed by atoms with van der Waals surface area (Å²) in [4.78, 5) is 38.1. The van der Waals surface area contributed by atoms with Crippen molar-refractivity contribution in [3.8, 4) is 18.1 Å². The van der Waals surface area contributed by atoms with Crippen LogP contribution in [0.25, 0.3) is 6.08 Å². The first-order valence-electron chi connectivity index (χ1n) is 7.83. The Hall–Kier alpha value is -3.56. The van der Waals surface area contributed by atoms with Gasteiger partial charge in [0.1, 0.15) is 17.9 Å². The largest absolute Gasteiger partial charge is 0.480 e. The Morgan fingerprint density at radius 1 is 1.15 bits per heavy atom. The van der Waals surface area contributed by atoms with Crippen molar-refractivity contribution in [1.29, 1.82) is 0 Å². The molecular formula is C20H13ClN2O4. The van der Waals surface area contributed by atoms with E-state index in [0.29, 0.717) is 16.3 Å². The normalized spacial score (nSPS) is 15.5. The maximum absolute atomic E-state index is 12.8. The summed E-state index contributed by atoms with van der Waals surface area (Å²) in [5.41, 5.74) is 0.512. The van der Waals surface area contributed by atoms with Gasteiger partial charge in [0.05, 0.1) is 5.69 Å². The van der Waals surface area contributed by atoms with Gasteiger partial charge in [0.25, 0.3) is 11.8 Å². The van der Waals surface area contributed by atoms with Crippen molar-refractivity contribution < 1.29 is 19.1 Å². The summed E-state index contributed by atoms with van der Waals surface area (Å²) in [5, 5.41) is 2.50. The Morgan fingerprint density at radius 3 is 2.67 bits per heavy atom. The van der Waals surface area contributed by atoms with E-state index in [-0.39, 0.29) is 17.9 Å². The number of halogens is 1. The molecule has 27 heavy (non-hydrogen) atoms. The van der Waals surface area contributed by atoms with E-state index in [2.05, 4.69) is 11.2 Å². The number of para-hydroxylation sites is 1. The molecule has 0 radical (unpaired) electrons. The number of hydrogen-bond acceptors (Lipinski definition) is 4. The number of carbonyl (C=O) groups is 3. The molecule has 0 atom stereocenters. The van der Waals surface area contributed by atoms with Crippen molar-refractivity contribution in [1.82, 2.24) is 5.32 Å². The zero-order chi connectivity index (χ0) is 19.4. The van der Waals surface area contributed by atoms with Crippen LogP contribution in [-0.2, 0) is 9.59 Å². The molecule has 0 spiro atoms. The highest BCUT2D eigenvalue weighted by atomic mass is 35.5. The molecule has 1 aliphatic heterocycles. The van der Waals surface area contributed by atoms with Gasteiger partial charge in [-0.2, -0.15) is 0 Å². The molecule has 0 unspecified atom stereocenters. The molecule has 0 saturated carbocycles. The molecule has 1 N–H and O–H groups in total. The molecule has 2 aromatic carbocycles. The van der Waals surface area contributed by atoms with E-state index in [1.54, 1.807) is 42.5 Å². The fourth-order valence-electron chi connectivity index (χ4n) is 2.51. The van der Waals surface area contributed by atoms with Crippen LogP contribution in [0.2, 0.25) is 5.02 Å². The van der Waals surface area contributed by atoms with E-state index in [4.69, 9.17) is 22.8 Å². The van der Waals surface area contributed by atoms with Gasteiger partial charge in [0, 0.05) is 10.6 Å². The fraction of sp³-hybridized carbons (Fsp3) is 0.0500. The summed E-state index contributed by atoms with van der Waals surface area (Å²) in [6.45, 7) is 0.0352. The van der Waals surface area contributed by atoms with Crippen LogP contribution < -0.4 is 15.0 Å². The number of hydrogen-bond donors (Lipinski definition) is 1. The number of rotatable bonds is 4. The number of imide groups is 2. The molecule has 7 heteroatoms. The van der Waals surface area contributed by atoms with Gasteiger partial charge < -0.3 is 4.74 Å². The lowest BCUT2D eigenvalue weighted by Gasteiger charge is -2.26. The van der Waals surface area contributed by atoms with Gasteiger partial charge in [-0.05, 0) is 30.3 Å². The molecule has 2 aromatic rings. The molecule has 3 rings (SSSR count). The number of anilines is 1. The summed E-state index contributed by atoms with van der Waals surface area (Å²) < 4.78 is 5.42. The smallest absolute Gasteiger partial charge is 0.335 e. The van der Waals surface area contributed by atoms with Gasteiger partial charge in [-0.15, -0.1) is 6.42 Å². The number of benzene rings is 2. The number of terminal acetylenes is 1. The van der Waals surface area contributed by atoms with Gasteiger partial charge in [-0.3, -0.25) is 14.9 Å². The standard InChI is InChI=1S/C20H13ClN2O4/c1-2-10-27-17-9-4-3-6-13(17)11-16-18(24)22-20(26)23(19(16)25)15-8-5-7-14(21)12-15/h1,3-9,11-12H,10H2,(H,22,24,26)/b16-11+. The van der Waals surface area contributed by atoms with Crippen molar-refractivity contribution in [3.05, 3.63) is 64.7 Å². The van der Waals surface area contributed by atoms with Gasteiger partial charge >= 0.3 is 6.03 Å². The van der Waals surface area contributed by atoms with E-state index in [1.165, 1.54) is 12.1 Å². The zero-order valence-corrected chi connectivity index (χ0v) is 14.7. The lowest BCUT2D eigenvalue weighted by atomic mass is 10.1. The Balaban J connectivity index is 2.02. The highest BCUT2D eigenvalue weighted by molar-refractivity contribution is 6.39. The first-order chi connectivity index (χ1) is 13.0. The predicted molar refractivity (Wildman–Crippen MR) is 101 cm³/mol. The predicted octanol–water partition coefficient (Wildman–Crippen LogP) is 3.02. The molecule has 1 saturated heterocycles. The first kappa shape index (κ1) is 18.2. The van der Waals surface area contributed by atoms with Crippen LogP contribution in [0.5, 0.6) is 5.75 Å². The fourth-order valence-corrected chi connectivity index (χ4v) is 2.70. The monoisotopic (exact) mass is 380 g/mol. The van der Waals surface area contributed by atoms with Crippen LogP contribution in [0.1, 0.15) is 5.56 Å². The summed E-state index contributed by atoms with van der Waals surface area (Å²) >= 11 is 5.94. The molecule has 6 nitrogen and oxygen atoms in total. The number of nitrogens with one attached hydrogen (secondary N) is 1. The van der Waals surface area contributed by atoms with E-state index in [1.807, 2.05) is 0 Å². The number of amides is 4. The van der Waals surface area contributed by atoms with Crippen LogP contribution in [0.4, 0.5) is 10.5 Å². The van der Waals surface area contributed by atoms with Gasteiger partial charge in [-0.25, -0.2) is 9.69 Å². The van der Waals surface area contributed by atoms with E-state index in [0.717, 1.165) is 4.90 Å². The van der Waals surface area contributed by atoms with Gasteiger partial charge in [0.15, 0.2) is 0 Å². The Morgan fingerprint density at radius 2 is 1.93 bits per heavy atom. The third-order valence-electron chi connectivity index (χ3n) is 3.70. The molecule has 0 aromatic heterocycles. The summed E-state index contributed by atoms with van der Waals surface area (Å²) in [7, 11) is 0. The molecule has 1 fully saturated rings. The lowest BCUT2D eigenvalue weighted by Crippen LogP contribution is -2.54. The van der Waals surface area contributed by atoms with Crippen molar-refractivity contribution in [2.24, 2.45) is 0 Å². The number of urea groups is 1. The Kier molecular flexibility index (Phi) is 5.25. The van der Waals surface area contributed by atoms with Crippen molar-refractivity contribution in [2.75, 3.05) is 11.5 Å². The third kappa shape index (κ3) is 3.84. The van der Waals surface area contributed by atoms with Crippen LogP contribution in [0.15, 0.2) is 54.1 Å². The second-order valence-corrected chi connectivity index (χ2v) is 5.90. The topological polar surface area (TPSA) is 75.7 Å². The average molecular weight is 381 g/mol. The molecule has 1 aliphatic rings. The molecule has 1 heterocycles. The van der Waals surface area contributed by atoms with Crippen LogP contribution in [0, 0.1) is 12.3 Å². The number of ether oxygens (including phenoxy) is 1. The number of nitrogens with zero attached hydrogens (tertiary/aromatic N) is 1. The van der Waals surface area contributed by atoms with E-state index >= 15 is 0 Å². The summed E-state index contributed by atoms with van der Waals surface area (Å²) in [6, 6.07) is 12.1. The quantitative estimate of drug-likeness (QED) is 0.502. The van der Waals surface area contributed by atoms with Crippen LogP contribution in [-0.4, -0.2) is 24.5 Å². The van der Waals surface area contributed by atoms with Crippen LogP contribution in [0.3, 0.4) is 0 Å². The number of carbonyl (C=O) groups excluding carboxylic acids is 3. The Bertz CT molecular complexity index is 1010. The van der Waals surface area contributed by atoms with Crippen molar-refractivity contribution in [2.45, 2.75) is 0 Å². The lowest BCUT2D eigenvalue weighted by molar-refractivity contribution is -0.122. The molecule has 0 aliphatic carbocycles. The molecule has 134 valence electrons. The van der Waals surface area contributed by atoms with Crippen LogP contribution >= 0.6 is 11.6 Å². The maximum Gasteiger partial charge on any atom is 0.335 e.